The van der Waals surface area contributed by atoms with Gasteiger partial charge < -0.3 is 9.84 Å². The standard InChI is InChI=1S/C12H13Cl2NO5S/c13-8-1-2-9(14)11(10(8)12(16)17)15-21(18,19)7-3-5-20-6-4-7/h1-2,7,15H,3-6H2,(H,16,17). The highest BCUT2D eigenvalue weighted by atomic mass is 35.5. The summed E-state index contributed by atoms with van der Waals surface area (Å²) >= 11 is 11.7. The summed E-state index contributed by atoms with van der Waals surface area (Å²) in [5, 5.41) is 8.42. The zero-order valence-corrected chi connectivity index (χ0v) is 13.1. The molecule has 0 bridgehead atoms. The average molecular weight is 354 g/mol. The third-order valence-electron chi connectivity index (χ3n) is 3.17. The molecule has 0 unspecified atom stereocenters. The van der Waals surface area contributed by atoms with E-state index in [1.807, 2.05) is 0 Å². The Hall–Kier alpha value is -1.02. The van der Waals surface area contributed by atoms with E-state index >= 15 is 0 Å². The number of aromatic carboxylic acids is 1. The van der Waals surface area contributed by atoms with Crippen LogP contribution < -0.4 is 4.72 Å². The number of anilines is 1. The number of ether oxygens (including phenoxy) is 1. The van der Waals surface area contributed by atoms with E-state index in [-0.39, 0.29) is 21.3 Å². The Morgan fingerprint density at radius 2 is 1.81 bits per heavy atom. The van der Waals surface area contributed by atoms with Crippen molar-refractivity contribution in [3.8, 4) is 0 Å². The maximum Gasteiger partial charge on any atom is 0.339 e. The van der Waals surface area contributed by atoms with Gasteiger partial charge in [-0.1, -0.05) is 23.2 Å². The fraction of sp³-hybridized carbons (Fsp3) is 0.417. The predicted octanol–water partition coefficient (Wildman–Crippen LogP) is 2.61. The summed E-state index contributed by atoms with van der Waals surface area (Å²) in [6, 6.07) is 2.65. The number of carboxylic acids is 1. The highest BCUT2D eigenvalue weighted by Crippen LogP contribution is 2.33. The molecule has 2 N–H and O–H groups in total. The first-order valence-corrected chi connectivity index (χ1v) is 8.44. The van der Waals surface area contributed by atoms with Crippen LogP contribution in [0.1, 0.15) is 23.2 Å². The van der Waals surface area contributed by atoms with Crippen molar-refractivity contribution in [2.45, 2.75) is 18.1 Å². The zero-order valence-electron chi connectivity index (χ0n) is 10.8. The minimum atomic E-state index is -3.77. The quantitative estimate of drug-likeness (QED) is 0.867. The maximum absolute atomic E-state index is 12.3. The Morgan fingerprint density at radius 3 is 2.38 bits per heavy atom. The van der Waals surface area contributed by atoms with Gasteiger partial charge in [0.2, 0.25) is 10.0 Å². The first-order valence-electron chi connectivity index (χ1n) is 6.13. The van der Waals surface area contributed by atoms with E-state index in [0.29, 0.717) is 26.1 Å². The molecule has 1 aromatic rings. The summed E-state index contributed by atoms with van der Waals surface area (Å²) in [5.41, 5.74) is -0.567. The molecular weight excluding hydrogens is 341 g/mol. The molecule has 1 aliphatic rings. The van der Waals surface area contributed by atoms with E-state index in [2.05, 4.69) is 4.72 Å². The van der Waals surface area contributed by atoms with Crippen LogP contribution in [-0.2, 0) is 14.8 Å². The molecule has 1 aliphatic heterocycles. The Labute approximate surface area is 132 Å². The fourth-order valence-corrected chi connectivity index (χ4v) is 4.05. The van der Waals surface area contributed by atoms with E-state index in [9.17, 15) is 18.3 Å². The summed E-state index contributed by atoms with van der Waals surface area (Å²) in [6.07, 6.45) is 0.686. The molecule has 1 fully saturated rings. The van der Waals surface area contributed by atoms with Gasteiger partial charge in [-0.15, -0.1) is 0 Å². The molecule has 21 heavy (non-hydrogen) atoms. The average Bonchev–Trinajstić information content (AvgIpc) is 2.43. The normalized spacial score (nSPS) is 16.7. The van der Waals surface area contributed by atoms with Crippen molar-refractivity contribution in [3.63, 3.8) is 0 Å². The van der Waals surface area contributed by atoms with Gasteiger partial charge in [-0.25, -0.2) is 13.2 Å². The van der Waals surface area contributed by atoms with Gasteiger partial charge in [-0.2, -0.15) is 0 Å². The van der Waals surface area contributed by atoms with Crippen molar-refractivity contribution in [1.29, 1.82) is 0 Å². The van der Waals surface area contributed by atoms with Gasteiger partial charge in [-0.3, -0.25) is 4.72 Å². The molecule has 1 saturated heterocycles. The lowest BCUT2D eigenvalue weighted by atomic mass is 10.2. The van der Waals surface area contributed by atoms with Crippen LogP contribution in [0.3, 0.4) is 0 Å². The number of carboxylic acid groups (broad SMARTS) is 1. The molecule has 0 atom stereocenters. The van der Waals surface area contributed by atoms with E-state index < -0.39 is 21.2 Å². The van der Waals surface area contributed by atoms with Gasteiger partial charge in [0.05, 0.1) is 21.0 Å². The van der Waals surface area contributed by atoms with Crippen LogP contribution in [0.4, 0.5) is 5.69 Å². The molecule has 2 rings (SSSR count). The fourth-order valence-electron chi connectivity index (χ4n) is 2.07. The molecule has 0 saturated carbocycles. The van der Waals surface area contributed by atoms with Crippen molar-refractivity contribution >= 4 is 44.9 Å². The van der Waals surface area contributed by atoms with E-state index in [1.54, 1.807) is 0 Å². The molecule has 9 heteroatoms. The molecule has 0 aromatic heterocycles. The van der Waals surface area contributed by atoms with Crippen molar-refractivity contribution in [1.82, 2.24) is 0 Å². The number of sulfonamides is 1. The minimum Gasteiger partial charge on any atom is -0.478 e. The third-order valence-corrected chi connectivity index (χ3v) is 5.64. The van der Waals surface area contributed by atoms with Crippen LogP contribution in [0.5, 0.6) is 0 Å². The number of hydrogen-bond acceptors (Lipinski definition) is 4. The highest BCUT2D eigenvalue weighted by Gasteiger charge is 2.30. The molecular formula is C12H13Cl2NO5S. The summed E-state index contributed by atoms with van der Waals surface area (Å²) in [6.45, 7) is 0.696. The van der Waals surface area contributed by atoms with Crippen molar-refractivity contribution in [3.05, 3.63) is 27.7 Å². The lowest BCUT2D eigenvalue weighted by molar-refractivity contribution is 0.0698. The molecule has 6 nitrogen and oxygen atoms in total. The van der Waals surface area contributed by atoms with Gasteiger partial charge in [-0.05, 0) is 25.0 Å². The predicted molar refractivity (Wildman–Crippen MR) is 79.8 cm³/mol. The van der Waals surface area contributed by atoms with E-state index in [4.69, 9.17) is 27.9 Å². The molecule has 1 aromatic carbocycles. The van der Waals surface area contributed by atoms with E-state index in [1.165, 1.54) is 12.1 Å². The summed E-state index contributed by atoms with van der Waals surface area (Å²) in [4.78, 5) is 11.3. The van der Waals surface area contributed by atoms with Gasteiger partial charge in [0, 0.05) is 13.2 Å². The number of rotatable bonds is 4. The number of hydrogen-bond donors (Lipinski definition) is 2. The highest BCUT2D eigenvalue weighted by molar-refractivity contribution is 7.93. The Bertz CT molecular complexity index is 656. The second-order valence-electron chi connectivity index (χ2n) is 4.54. The number of benzene rings is 1. The van der Waals surface area contributed by atoms with Gasteiger partial charge in [0.25, 0.3) is 0 Å². The number of carbonyl (C=O) groups is 1. The Morgan fingerprint density at radius 1 is 1.24 bits per heavy atom. The van der Waals surface area contributed by atoms with Crippen molar-refractivity contribution in [2.24, 2.45) is 0 Å². The summed E-state index contributed by atoms with van der Waals surface area (Å²) in [7, 11) is -3.77. The molecule has 0 amide bonds. The lowest BCUT2D eigenvalue weighted by Crippen LogP contribution is -2.33. The van der Waals surface area contributed by atoms with Crippen LogP contribution in [0, 0.1) is 0 Å². The monoisotopic (exact) mass is 353 g/mol. The zero-order chi connectivity index (χ0) is 15.6. The Balaban J connectivity index is 2.38. The second kappa shape index (κ2) is 6.39. The van der Waals surface area contributed by atoms with Gasteiger partial charge >= 0.3 is 5.97 Å². The second-order valence-corrected chi connectivity index (χ2v) is 7.32. The van der Waals surface area contributed by atoms with Crippen LogP contribution in [0.15, 0.2) is 12.1 Å². The first kappa shape index (κ1) is 16.4. The summed E-state index contributed by atoms with van der Waals surface area (Å²) in [5.74, 6) is -1.35. The smallest absolute Gasteiger partial charge is 0.339 e. The lowest BCUT2D eigenvalue weighted by Gasteiger charge is -2.23. The van der Waals surface area contributed by atoms with Crippen molar-refractivity contribution < 1.29 is 23.1 Å². The molecule has 0 radical (unpaired) electrons. The largest absolute Gasteiger partial charge is 0.478 e. The molecule has 0 spiro atoms. The molecule has 1 heterocycles. The SMILES string of the molecule is O=C(O)c1c(Cl)ccc(Cl)c1NS(=O)(=O)C1CCOCC1. The van der Waals surface area contributed by atoms with Crippen LogP contribution in [-0.4, -0.2) is 38.0 Å². The van der Waals surface area contributed by atoms with Crippen LogP contribution in [0.2, 0.25) is 10.0 Å². The number of nitrogens with one attached hydrogen (secondary N) is 1. The summed E-state index contributed by atoms with van der Waals surface area (Å²) < 4.78 is 32.0. The maximum atomic E-state index is 12.3. The third kappa shape index (κ3) is 3.60. The topological polar surface area (TPSA) is 92.7 Å². The van der Waals surface area contributed by atoms with Crippen LogP contribution in [0.25, 0.3) is 0 Å². The van der Waals surface area contributed by atoms with Crippen molar-refractivity contribution in [2.75, 3.05) is 17.9 Å². The minimum absolute atomic E-state index is 0.0209. The Kier molecular flexibility index (Phi) is 4.98. The molecule has 0 aliphatic carbocycles. The first-order chi connectivity index (χ1) is 9.83. The van der Waals surface area contributed by atoms with E-state index in [0.717, 1.165) is 0 Å². The van der Waals surface area contributed by atoms with Crippen LogP contribution >= 0.6 is 23.2 Å². The van der Waals surface area contributed by atoms with Gasteiger partial charge in [0.1, 0.15) is 5.56 Å². The van der Waals surface area contributed by atoms with Gasteiger partial charge in [0.15, 0.2) is 0 Å². The number of halogens is 2. The molecule has 116 valence electrons.